The van der Waals surface area contributed by atoms with E-state index in [1.54, 1.807) is 30.3 Å². The van der Waals surface area contributed by atoms with Crippen LogP contribution in [0.4, 0.5) is 0 Å². The molecule has 0 aliphatic carbocycles. The van der Waals surface area contributed by atoms with Gasteiger partial charge in [0.15, 0.2) is 6.29 Å². The Bertz CT molecular complexity index is 849. The summed E-state index contributed by atoms with van der Waals surface area (Å²) in [6.07, 6.45) is 0.144. The smallest absolute Gasteiger partial charge is 0.304 e. The van der Waals surface area contributed by atoms with Gasteiger partial charge in [0, 0.05) is 18.2 Å². The van der Waals surface area contributed by atoms with Gasteiger partial charge in [-0.3, -0.25) is 9.59 Å². The van der Waals surface area contributed by atoms with Crippen LogP contribution in [0.3, 0.4) is 0 Å². The molecule has 6 nitrogen and oxygen atoms in total. The van der Waals surface area contributed by atoms with E-state index in [0.29, 0.717) is 6.29 Å². The molecule has 1 unspecified atom stereocenters. The predicted molar refractivity (Wildman–Crippen MR) is 92.7 cm³/mol. The standard InChI is InChI=1S/C18H19NO5S/c1-14(11-18(21)22)19(12-15-7-3-2-4-8-15)25(23,24)17-10-6-5-9-16(17)13-20/h2-10,13-14H,11-12H2,1H3,(H,21,22). The number of aldehydes is 1. The van der Waals surface area contributed by atoms with Crippen molar-refractivity contribution in [3.63, 3.8) is 0 Å². The van der Waals surface area contributed by atoms with E-state index in [0.717, 1.165) is 9.87 Å². The molecule has 0 amide bonds. The van der Waals surface area contributed by atoms with Crippen LogP contribution in [0.15, 0.2) is 59.5 Å². The van der Waals surface area contributed by atoms with Crippen LogP contribution in [-0.2, 0) is 21.4 Å². The third-order valence-corrected chi connectivity index (χ3v) is 5.81. The second kappa shape index (κ2) is 8.04. The maximum Gasteiger partial charge on any atom is 0.304 e. The third kappa shape index (κ3) is 4.52. The molecule has 0 fully saturated rings. The zero-order valence-corrected chi connectivity index (χ0v) is 14.5. The van der Waals surface area contributed by atoms with Gasteiger partial charge in [-0.15, -0.1) is 0 Å². The maximum atomic E-state index is 13.1. The minimum atomic E-state index is -4.05. The number of nitrogens with zero attached hydrogens (tertiary/aromatic N) is 1. The average Bonchev–Trinajstić information content (AvgIpc) is 2.59. The summed E-state index contributed by atoms with van der Waals surface area (Å²) < 4.78 is 27.4. The molecule has 0 saturated heterocycles. The first-order valence-electron chi connectivity index (χ1n) is 7.68. The number of hydrogen-bond donors (Lipinski definition) is 1. The lowest BCUT2D eigenvalue weighted by Gasteiger charge is -2.28. The van der Waals surface area contributed by atoms with E-state index in [2.05, 4.69) is 0 Å². The highest BCUT2D eigenvalue weighted by atomic mass is 32.2. The minimum absolute atomic E-state index is 0.0187. The van der Waals surface area contributed by atoms with E-state index in [1.165, 1.54) is 25.1 Å². The summed E-state index contributed by atoms with van der Waals surface area (Å²) in [4.78, 5) is 22.2. The molecule has 2 rings (SSSR count). The fourth-order valence-electron chi connectivity index (χ4n) is 2.53. The summed E-state index contributed by atoms with van der Waals surface area (Å²) in [5.74, 6) is -1.09. The van der Waals surface area contributed by atoms with Gasteiger partial charge >= 0.3 is 5.97 Å². The summed E-state index contributed by atoms with van der Waals surface area (Å²) in [5.41, 5.74) is 0.773. The van der Waals surface area contributed by atoms with E-state index in [1.807, 2.05) is 6.07 Å². The lowest BCUT2D eigenvalue weighted by molar-refractivity contribution is -0.137. The van der Waals surface area contributed by atoms with Crippen LogP contribution >= 0.6 is 0 Å². The molecule has 0 aromatic heterocycles. The van der Waals surface area contributed by atoms with Crippen molar-refractivity contribution in [2.24, 2.45) is 0 Å². The first-order valence-corrected chi connectivity index (χ1v) is 9.12. The molecular weight excluding hydrogens is 342 g/mol. The summed E-state index contributed by atoms with van der Waals surface area (Å²) >= 11 is 0. The Morgan fingerprint density at radius 1 is 1.12 bits per heavy atom. The first-order chi connectivity index (χ1) is 11.9. The summed E-state index contributed by atoms with van der Waals surface area (Å²) in [6.45, 7) is 1.56. The van der Waals surface area contributed by atoms with E-state index >= 15 is 0 Å². The molecule has 1 N–H and O–H groups in total. The molecule has 0 bridgehead atoms. The molecule has 1 atom stereocenters. The number of carboxylic acid groups (broad SMARTS) is 1. The van der Waals surface area contributed by atoms with Gasteiger partial charge in [-0.1, -0.05) is 48.5 Å². The van der Waals surface area contributed by atoms with Crippen molar-refractivity contribution in [2.45, 2.75) is 30.8 Å². The Labute approximate surface area is 146 Å². The van der Waals surface area contributed by atoms with Crippen LogP contribution in [0.2, 0.25) is 0 Å². The van der Waals surface area contributed by atoms with E-state index in [9.17, 15) is 18.0 Å². The van der Waals surface area contributed by atoms with Gasteiger partial charge in [-0.25, -0.2) is 8.42 Å². The SMILES string of the molecule is CC(CC(=O)O)N(Cc1ccccc1)S(=O)(=O)c1ccccc1C=O. The number of carboxylic acids is 1. The first kappa shape index (κ1) is 18.8. The zero-order chi connectivity index (χ0) is 18.4. The summed E-state index contributed by atoms with van der Waals surface area (Å²) in [5, 5.41) is 9.06. The second-order valence-corrected chi connectivity index (χ2v) is 7.50. The van der Waals surface area contributed by atoms with Crippen LogP contribution < -0.4 is 0 Å². The maximum absolute atomic E-state index is 13.1. The van der Waals surface area contributed by atoms with Gasteiger partial charge in [0.05, 0.1) is 11.3 Å². The molecule has 0 radical (unpaired) electrons. The van der Waals surface area contributed by atoms with Crippen molar-refractivity contribution in [1.82, 2.24) is 4.31 Å². The van der Waals surface area contributed by atoms with Crippen molar-refractivity contribution in [2.75, 3.05) is 0 Å². The third-order valence-electron chi connectivity index (χ3n) is 3.78. The second-order valence-electron chi connectivity index (χ2n) is 5.64. The largest absolute Gasteiger partial charge is 0.481 e. The number of aliphatic carboxylic acids is 1. The number of hydrogen-bond acceptors (Lipinski definition) is 4. The van der Waals surface area contributed by atoms with Crippen molar-refractivity contribution < 1.29 is 23.1 Å². The fourth-order valence-corrected chi connectivity index (χ4v) is 4.32. The zero-order valence-electron chi connectivity index (χ0n) is 13.7. The van der Waals surface area contributed by atoms with Gasteiger partial charge in [-0.2, -0.15) is 4.31 Å². The Morgan fingerprint density at radius 3 is 2.32 bits per heavy atom. The normalized spacial score (nSPS) is 12.7. The number of sulfonamides is 1. The van der Waals surface area contributed by atoms with Crippen LogP contribution in [0, 0.1) is 0 Å². The van der Waals surface area contributed by atoms with E-state index in [-0.39, 0.29) is 23.4 Å². The topological polar surface area (TPSA) is 91.8 Å². The molecular formula is C18H19NO5S. The Balaban J connectivity index is 2.49. The quantitative estimate of drug-likeness (QED) is 0.730. The molecule has 0 saturated carbocycles. The molecule has 2 aromatic rings. The van der Waals surface area contributed by atoms with Gasteiger partial charge in [0.1, 0.15) is 0 Å². The Hall–Kier alpha value is -2.51. The van der Waals surface area contributed by atoms with Crippen LogP contribution in [0.5, 0.6) is 0 Å². The van der Waals surface area contributed by atoms with Gasteiger partial charge < -0.3 is 5.11 Å². The van der Waals surface area contributed by atoms with Crippen molar-refractivity contribution >= 4 is 22.3 Å². The summed E-state index contributed by atoms with van der Waals surface area (Å²) in [6, 6.07) is 14.0. The van der Waals surface area contributed by atoms with Gasteiger partial charge in [0.25, 0.3) is 0 Å². The van der Waals surface area contributed by atoms with Crippen LogP contribution in [0.25, 0.3) is 0 Å². The number of benzene rings is 2. The molecule has 0 heterocycles. The highest BCUT2D eigenvalue weighted by molar-refractivity contribution is 7.89. The van der Waals surface area contributed by atoms with Crippen molar-refractivity contribution in [3.8, 4) is 0 Å². The molecule has 25 heavy (non-hydrogen) atoms. The highest BCUT2D eigenvalue weighted by Crippen LogP contribution is 2.24. The lowest BCUT2D eigenvalue weighted by Crippen LogP contribution is -2.39. The van der Waals surface area contributed by atoms with Crippen LogP contribution in [0.1, 0.15) is 29.3 Å². The van der Waals surface area contributed by atoms with Crippen LogP contribution in [-0.4, -0.2) is 36.1 Å². The molecule has 7 heteroatoms. The van der Waals surface area contributed by atoms with Gasteiger partial charge in [-0.05, 0) is 18.6 Å². The van der Waals surface area contributed by atoms with E-state index < -0.39 is 22.0 Å². The highest BCUT2D eigenvalue weighted by Gasteiger charge is 2.32. The minimum Gasteiger partial charge on any atom is -0.481 e. The molecule has 0 aliphatic rings. The molecule has 0 aliphatic heterocycles. The van der Waals surface area contributed by atoms with Gasteiger partial charge in [0.2, 0.25) is 10.0 Å². The predicted octanol–water partition coefficient (Wildman–Crippen LogP) is 2.55. The van der Waals surface area contributed by atoms with E-state index in [4.69, 9.17) is 5.11 Å². The molecule has 2 aromatic carbocycles. The average molecular weight is 361 g/mol. The molecule has 0 spiro atoms. The Morgan fingerprint density at radius 2 is 1.72 bits per heavy atom. The Kier molecular flexibility index (Phi) is 6.06. The molecule has 132 valence electrons. The number of carbonyl (C=O) groups excluding carboxylic acids is 1. The number of carbonyl (C=O) groups is 2. The fraction of sp³-hybridized carbons (Fsp3) is 0.222. The van der Waals surface area contributed by atoms with Crippen molar-refractivity contribution in [1.29, 1.82) is 0 Å². The monoisotopic (exact) mass is 361 g/mol. The number of rotatable bonds is 8. The van der Waals surface area contributed by atoms with Crippen molar-refractivity contribution in [3.05, 3.63) is 65.7 Å². The summed E-state index contributed by atoms with van der Waals surface area (Å²) in [7, 11) is -4.05. The lowest BCUT2D eigenvalue weighted by atomic mass is 10.2.